The van der Waals surface area contributed by atoms with Gasteiger partial charge in [0.15, 0.2) is 0 Å². The third-order valence-electron chi connectivity index (χ3n) is 2.76. The summed E-state index contributed by atoms with van der Waals surface area (Å²) >= 11 is 0. The Labute approximate surface area is 115 Å². The van der Waals surface area contributed by atoms with E-state index in [1.807, 2.05) is 0 Å². The fourth-order valence-corrected chi connectivity index (χ4v) is 1.60. The molecule has 1 aromatic carbocycles. The molecular formula is C15H23NO3. The Balaban J connectivity index is 2.16. The predicted molar refractivity (Wildman–Crippen MR) is 75.7 cm³/mol. The minimum absolute atomic E-state index is 0.281. The SMILES string of the molecule is CCCCNCCCOC(=O)c1ccc(OC)cc1. The lowest BCUT2D eigenvalue weighted by molar-refractivity contribution is 0.0500. The minimum Gasteiger partial charge on any atom is -0.497 e. The van der Waals surface area contributed by atoms with E-state index in [0.29, 0.717) is 12.2 Å². The van der Waals surface area contributed by atoms with E-state index >= 15 is 0 Å². The highest BCUT2D eigenvalue weighted by molar-refractivity contribution is 5.89. The predicted octanol–water partition coefficient (Wildman–Crippen LogP) is 2.63. The third-order valence-corrected chi connectivity index (χ3v) is 2.76. The molecule has 4 nitrogen and oxygen atoms in total. The Hall–Kier alpha value is -1.55. The van der Waals surface area contributed by atoms with E-state index in [1.54, 1.807) is 31.4 Å². The number of esters is 1. The summed E-state index contributed by atoms with van der Waals surface area (Å²) in [6.45, 7) is 4.53. The number of carbonyl (C=O) groups is 1. The first-order chi connectivity index (χ1) is 9.27. The molecule has 19 heavy (non-hydrogen) atoms. The van der Waals surface area contributed by atoms with E-state index in [9.17, 15) is 4.79 Å². The molecule has 0 radical (unpaired) electrons. The standard InChI is InChI=1S/C15H23NO3/c1-3-4-10-16-11-5-12-19-15(17)13-6-8-14(18-2)9-7-13/h6-9,16H,3-5,10-12H2,1-2H3. The summed E-state index contributed by atoms with van der Waals surface area (Å²) in [6.07, 6.45) is 3.22. The highest BCUT2D eigenvalue weighted by Crippen LogP contribution is 2.12. The second-order valence-electron chi connectivity index (χ2n) is 4.32. The van der Waals surface area contributed by atoms with Crippen LogP contribution < -0.4 is 10.1 Å². The van der Waals surface area contributed by atoms with Gasteiger partial charge < -0.3 is 14.8 Å². The van der Waals surface area contributed by atoms with E-state index in [0.717, 1.165) is 25.3 Å². The Morgan fingerprint density at radius 3 is 2.47 bits per heavy atom. The van der Waals surface area contributed by atoms with E-state index in [1.165, 1.54) is 12.8 Å². The number of methoxy groups -OCH3 is 1. The molecule has 0 heterocycles. The molecule has 0 saturated heterocycles. The summed E-state index contributed by atoms with van der Waals surface area (Å²) < 4.78 is 10.2. The molecule has 0 spiro atoms. The van der Waals surface area contributed by atoms with Gasteiger partial charge in [-0.15, -0.1) is 0 Å². The number of unbranched alkanes of at least 4 members (excludes halogenated alkanes) is 1. The molecule has 0 fully saturated rings. The van der Waals surface area contributed by atoms with Crippen molar-refractivity contribution in [1.82, 2.24) is 5.32 Å². The molecule has 0 bridgehead atoms. The summed E-state index contributed by atoms with van der Waals surface area (Å²) in [7, 11) is 1.60. The van der Waals surface area contributed by atoms with Gasteiger partial charge in [-0.3, -0.25) is 0 Å². The van der Waals surface area contributed by atoms with Crippen LogP contribution >= 0.6 is 0 Å². The first-order valence-corrected chi connectivity index (χ1v) is 6.79. The number of rotatable bonds is 9. The molecule has 1 N–H and O–H groups in total. The molecule has 0 aliphatic rings. The largest absolute Gasteiger partial charge is 0.497 e. The van der Waals surface area contributed by atoms with Gasteiger partial charge in [-0.25, -0.2) is 4.79 Å². The molecule has 106 valence electrons. The molecule has 0 aliphatic heterocycles. The normalized spacial score (nSPS) is 10.2. The zero-order valence-electron chi connectivity index (χ0n) is 11.8. The highest BCUT2D eigenvalue weighted by atomic mass is 16.5. The summed E-state index contributed by atoms with van der Waals surface area (Å²) in [5, 5.41) is 3.31. The van der Waals surface area contributed by atoms with E-state index in [4.69, 9.17) is 9.47 Å². The quantitative estimate of drug-likeness (QED) is 0.551. The summed E-state index contributed by atoms with van der Waals surface area (Å²) in [6, 6.07) is 6.92. The summed E-state index contributed by atoms with van der Waals surface area (Å²) in [5.41, 5.74) is 0.555. The van der Waals surface area contributed by atoms with Crippen LogP contribution in [0.4, 0.5) is 0 Å². The second-order valence-corrected chi connectivity index (χ2v) is 4.32. The minimum atomic E-state index is -0.281. The smallest absolute Gasteiger partial charge is 0.338 e. The van der Waals surface area contributed by atoms with Crippen LogP contribution in [0, 0.1) is 0 Å². The average molecular weight is 265 g/mol. The number of carbonyl (C=O) groups excluding carboxylic acids is 1. The zero-order chi connectivity index (χ0) is 13.9. The summed E-state index contributed by atoms with van der Waals surface area (Å²) in [5.74, 6) is 0.452. The van der Waals surface area contributed by atoms with Gasteiger partial charge in [0.2, 0.25) is 0 Å². The van der Waals surface area contributed by atoms with E-state index in [2.05, 4.69) is 12.2 Å². The maximum atomic E-state index is 11.7. The maximum Gasteiger partial charge on any atom is 0.338 e. The van der Waals surface area contributed by atoms with Gasteiger partial charge in [-0.1, -0.05) is 13.3 Å². The molecule has 0 aromatic heterocycles. The molecule has 1 rings (SSSR count). The molecule has 0 aliphatic carbocycles. The van der Waals surface area contributed by atoms with Crippen molar-refractivity contribution in [2.45, 2.75) is 26.2 Å². The molecule has 0 unspecified atom stereocenters. The fraction of sp³-hybridized carbons (Fsp3) is 0.533. The van der Waals surface area contributed by atoms with Crippen LogP contribution in [0.5, 0.6) is 5.75 Å². The lowest BCUT2D eigenvalue weighted by Gasteiger charge is -2.06. The number of hydrogen-bond donors (Lipinski definition) is 1. The van der Waals surface area contributed by atoms with Crippen molar-refractivity contribution in [3.63, 3.8) is 0 Å². The van der Waals surface area contributed by atoms with Crippen LogP contribution in [0.25, 0.3) is 0 Å². The zero-order valence-corrected chi connectivity index (χ0v) is 11.8. The molecule has 4 heteroatoms. The van der Waals surface area contributed by atoms with Gasteiger partial charge in [0, 0.05) is 0 Å². The van der Waals surface area contributed by atoms with Crippen molar-refractivity contribution in [1.29, 1.82) is 0 Å². The molecule has 0 amide bonds. The van der Waals surface area contributed by atoms with Crippen LogP contribution in [0.2, 0.25) is 0 Å². The maximum absolute atomic E-state index is 11.7. The average Bonchev–Trinajstić information content (AvgIpc) is 2.46. The number of benzene rings is 1. The van der Waals surface area contributed by atoms with E-state index in [-0.39, 0.29) is 5.97 Å². The monoisotopic (exact) mass is 265 g/mol. The third kappa shape index (κ3) is 6.25. The van der Waals surface area contributed by atoms with Crippen LogP contribution in [-0.2, 0) is 4.74 Å². The van der Waals surface area contributed by atoms with Crippen molar-refractivity contribution in [2.75, 3.05) is 26.8 Å². The number of hydrogen-bond acceptors (Lipinski definition) is 4. The Morgan fingerprint density at radius 2 is 1.84 bits per heavy atom. The van der Waals surface area contributed by atoms with Crippen LogP contribution in [-0.4, -0.2) is 32.8 Å². The fourth-order valence-electron chi connectivity index (χ4n) is 1.60. The van der Waals surface area contributed by atoms with Gasteiger partial charge in [-0.05, 0) is 50.2 Å². The van der Waals surface area contributed by atoms with Crippen molar-refractivity contribution in [3.8, 4) is 5.75 Å². The van der Waals surface area contributed by atoms with Crippen LogP contribution in [0.3, 0.4) is 0 Å². The summed E-state index contributed by atoms with van der Waals surface area (Å²) in [4.78, 5) is 11.7. The van der Waals surface area contributed by atoms with Crippen molar-refractivity contribution < 1.29 is 14.3 Å². The lowest BCUT2D eigenvalue weighted by Crippen LogP contribution is -2.18. The van der Waals surface area contributed by atoms with Crippen molar-refractivity contribution >= 4 is 5.97 Å². The van der Waals surface area contributed by atoms with Gasteiger partial charge in [0.25, 0.3) is 0 Å². The lowest BCUT2D eigenvalue weighted by atomic mass is 10.2. The number of nitrogens with one attached hydrogen (secondary N) is 1. The van der Waals surface area contributed by atoms with Crippen molar-refractivity contribution in [2.24, 2.45) is 0 Å². The Bertz CT molecular complexity index is 362. The topological polar surface area (TPSA) is 47.6 Å². The van der Waals surface area contributed by atoms with Crippen LogP contribution in [0.1, 0.15) is 36.5 Å². The van der Waals surface area contributed by atoms with Crippen molar-refractivity contribution in [3.05, 3.63) is 29.8 Å². The first kappa shape index (κ1) is 15.5. The molecule has 0 atom stereocenters. The molecular weight excluding hydrogens is 242 g/mol. The highest BCUT2D eigenvalue weighted by Gasteiger charge is 2.06. The van der Waals surface area contributed by atoms with Gasteiger partial charge in [-0.2, -0.15) is 0 Å². The molecule has 0 saturated carbocycles. The van der Waals surface area contributed by atoms with Crippen LogP contribution in [0.15, 0.2) is 24.3 Å². The van der Waals surface area contributed by atoms with Gasteiger partial charge >= 0.3 is 5.97 Å². The van der Waals surface area contributed by atoms with E-state index < -0.39 is 0 Å². The Kier molecular flexibility index (Phi) is 7.66. The first-order valence-electron chi connectivity index (χ1n) is 6.79. The van der Waals surface area contributed by atoms with Gasteiger partial charge in [0.05, 0.1) is 19.3 Å². The molecule has 1 aromatic rings. The number of ether oxygens (including phenoxy) is 2. The van der Waals surface area contributed by atoms with Gasteiger partial charge in [0.1, 0.15) is 5.75 Å². The second kappa shape index (κ2) is 9.39. The Morgan fingerprint density at radius 1 is 1.16 bits per heavy atom.